The summed E-state index contributed by atoms with van der Waals surface area (Å²) in [4.78, 5) is 4.27. The second-order valence-corrected chi connectivity index (χ2v) is 5.25. The molecule has 1 saturated heterocycles. The number of nitrogens with zero attached hydrogens (tertiary/aromatic N) is 2. The third-order valence-corrected chi connectivity index (χ3v) is 4.02. The van der Waals surface area contributed by atoms with Crippen LogP contribution in [0.4, 0.5) is 0 Å². The zero-order valence-corrected chi connectivity index (χ0v) is 11.0. The zero-order chi connectivity index (χ0) is 11.7. The van der Waals surface area contributed by atoms with Gasteiger partial charge in [-0.1, -0.05) is 34.1 Å². The first-order chi connectivity index (χ1) is 8.34. The molecule has 2 heterocycles. The Kier molecular flexibility index (Phi) is 2.99. The van der Waals surface area contributed by atoms with Crippen molar-refractivity contribution in [2.24, 2.45) is 0 Å². The Morgan fingerprint density at radius 3 is 2.88 bits per heavy atom. The van der Waals surface area contributed by atoms with Gasteiger partial charge in [0.2, 0.25) is 0 Å². The molecule has 1 fully saturated rings. The van der Waals surface area contributed by atoms with Gasteiger partial charge in [0.05, 0.1) is 6.33 Å². The van der Waals surface area contributed by atoms with E-state index in [1.807, 2.05) is 18.6 Å². The van der Waals surface area contributed by atoms with E-state index in [-0.39, 0.29) is 0 Å². The average molecular weight is 292 g/mol. The van der Waals surface area contributed by atoms with E-state index in [4.69, 9.17) is 0 Å². The Labute approximate surface area is 109 Å². The molecule has 0 spiro atoms. The summed E-state index contributed by atoms with van der Waals surface area (Å²) in [6.45, 7) is 3.02. The maximum Gasteiger partial charge on any atom is 0.0951 e. The lowest BCUT2D eigenvalue weighted by molar-refractivity contribution is 0.427. The van der Waals surface area contributed by atoms with E-state index >= 15 is 0 Å². The molecule has 2 aromatic rings. The Morgan fingerprint density at radius 1 is 1.35 bits per heavy atom. The van der Waals surface area contributed by atoms with E-state index in [0.717, 1.165) is 24.1 Å². The Bertz CT molecular complexity index is 517. The molecule has 4 heteroatoms. The highest BCUT2D eigenvalue weighted by Gasteiger charge is 2.22. The van der Waals surface area contributed by atoms with Gasteiger partial charge in [-0.15, -0.1) is 0 Å². The summed E-state index contributed by atoms with van der Waals surface area (Å²) in [5.74, 6) is 0.625. The Hall–Kier alpha value is -1.13. The van der Waals surface area contributed by atoms with Crippen LogP contribution < -0.4 is 5.32 Å². The lowest BCUT2D eigenvalue weighted by Crippen LogP contribution is -2.40. The van der Waals surface area contributed by atoms with Crippen LogP contribution in [0.5, 0.6) is 0 Å². The first-order valence-corrected chi connectivity index (χ1v) is 6.58. The van der Waals surface area contributed by atoms with Gasteiger partial charge in [0.25, 0.3) is 0 Å². The highest BCUT2D eigenvalue weighted by Crippen LogP contribution is 2.22. The molecule has 1 aromatic carbocycles. The van der Waals surface area contributed by atoms with Gasteiger partial charge < -0.3 is 9.88 Å². The largest absolute Gasteiger partial charge is 0.330 e. The van der Waals surface area contributed by atoms with Crippen molar-refractivity contribution in [3.8, 4) is 0 Å². The Morgan fingerprint density at radius 2 is 2.18 bits per heavy atom. The lowest BCUT2D eigenvalue weighted by atomic mass is 10.00. The number of benzene rings is 1. The number of nitrogens with one attached hydrogen (secondary N) is 1. The molecule has 0 saturated carbocycles. The minimum absolute atomic E-state index is 0.625. The second-order valence-electron chi connectivity index (χ2n) is 4.39. The van der Waals surface area contributed by atoms with Crippen molar-refractivity contribution in [1.29, 1.82) is 0 Å². The standard InChI is InChI=1S/C13H14BrN3/c14-12-4-2-1-3-10(12)8-17-9-16-7-13(17)11-5-15-6-11/h1-4,7,9,11,15H,5-6,8H2. The lowest BCUT2D eigenvalue weighted by Gasteiger charge is -2.28. The molecule has 17 heavy (non-hydrogen) atoms. The van der Waals surface area contributed by atoms with Crippen LogP contribution in [0.3, 0.4) is 0 Å². The van der Waals surface area contributed by atoms with Crippen LogP contribution in [0.15, 0.2) is 41.3 Å². The summed E-state index contributed by atoms with van der Waals surface area (Å²) in [5, 5.41) is 3.30. The van der Waals surface area contributed by atoms with Crippen molar-refractivity contribution < 1.29 is 0 Å². The fourth-order valence-electron chi connectivity index (χ4n) is 2.11. The molecule has 1 aliphatic heterocycles. The van der Waals surface area contributed by atoms with Crippen LogP contribution >= 0.6 is 15.9 Å². The van der Waals surface area contributed by atoms with Crippen LogP contribution in [-0.4, -0.2) is 22.6 Å². The number of aromatic nitrogens is 2. The fraction of sp³-hybridized carbons (Fsp3) is 0.308. The van der Waals surface area contributed by atoms with Crippen molar-refractivity contribution in [1.82, 2.24) is 14.9 Å². The topological polar surface area (TPSA) is 29.9 Å². The van der Waals surface area contributed by atoms with Gasteiger partial charge in [0, 0.05) is 41.9 Å². The highest BCUT2D eigenvalue weighted by atomic mass is 79.9. The van der Waals surface area contributed by atoms with Crippen molar-refractivity contribution >= 4 is 15.9 Å². The van der Waals surface area contributed by atoms with Gasteiger partial charge in [-0.2, -0.15) is 0 Å². The van der Waals surface area contributed by atoms with E-state index in [9.17, 15) is 0 Å². The summed E-state index contributed by atoms with van der Waals surface area (Å²) in [6, 6.07) is 8.34. The van der Waals surface area contributed by atoms with Gasteiger partial charge >= 0.3 is 0 Å². The molecule has 1 aliphatic rings. The number of rotatable bonds is 3. The quantitative estimate of drug-likeness (QED) is 0.941. The smallest absolute Gasteiger partial charge is 0.0951 e. The van der Waals surface area contributed by atoms with E-state index in [0.29, 0.717) is 5.92 Å². The number of hydrogen-bond donors (Lipinski definition) is 1. The SMILES string of the molecule is Brc1ccccc1Cn1cncc1C1CNC1. The van der Waals surface area contributed by atoms with Gasteiger partial charge in [-0.25, -0.2) is 4.98 Å². The van der Waals surface area contributed by atoms with Crippen LogP contribution in [0.1, 0.15) is 17.2 Å². The van der Waals surface area contributed by atoms with Crippen molar-refractivity contribution in [3.05, 3.63) is 52.5 Å². The molecule has 0 atom stereocenters. The van der Waals surface area contributed by atoms with Crippen molar-refractivity contribution in [3.63, 3.8) is 0 Å². The van der Waals surface area contributed by atoms with Crippen LogP contribution in [0, 0.1) is 0 Å². The maximum atomic E-state index is 4.27. The summed E-state index contributed by atoms with van der Waals surface area (Å²) >= 11 is 3.59. The van der Waals surface area contributed by atoms with E-state index in [1.165, 1.54) is 11.3 Å². The predicted octanol–water partition coefficient (Wildman–Crippen LogP) is 2.38. The van der Waals surface area contributed by atoms with Gasteiger partial charge in [-0.05, 0) is 11.6 Å². The van der Waals surface area contributed by atoms with Crippen molar-refractivity contribution in [2.45, 2.75) is 12.5 Å². The molecule has 3 nitrogen and oxygen atoms in total. The minimum atomic E-state index is 0.625. The molecular weight excluding hydrogens is 278 g/mol. The molecule has 0 unspecified atom stereocenters. The summed E-state index contributed by atoms with van der Waals surface area (Å²) in [6.07, 6.45) is 3.91. The van der Waals surface area contributed by atoms with E-state index in [2.05, 4.69) is 49.0 Å². The second kappa shape index (κ2) is 4.63. The number of halogens is 1. The third kappa shape index (κ3) is 2.15. The monoisotopic (exact) mass is 291 g/mol. The molecule has 88 valence electrons. The molecule has 1 aromatic heterocycles. The summed E-state index contributed by atoms with van der Waals surface area (Å²) in [7, 11) is 0. The number of hydrogen-bond acceptors (Lipinski definition) is 2. The fourth-order valence-corrected chi connectivity index (χ4v) is 2.52. The maximum absolute atomic E-state index is 4.27. The van der Waals surface area contributed by atoms with Gasteiger partial charge in [0.1, 0.15) is 0 Å². The zero-order valence-electron chi connectivity index (χ0n) is 9.44. The third-order valence-electron chi connectivity index (χ3n) is 3.24. The van der Waals surface area contributed by atoms with Crippen LogP contribution in [0.2, 0.25) is 0 Å². The summed E-state index contributed by atoms with van der Waals surface area (Å²) < 4.78 is 3.40. The van der Waals surface area contributed by atoms with Gasteiger partial charge in [-0.3, -0.25) is 0 Å². The van der Waals surface area contributed by atoms with Crippen LogP contribution in [0.25, 0.3) is 0 Å². The normalized spacial score (nSPS) is 15.8. The van der Waals surface area contributed by atoms with E-state index in [1.54, 1.807) is 0 Å². The number of imidazole rings is 1. The molecule has 0 aliphatic carbocycles. The van der Waals surface area contributed by atoms with Crippen molar-refractivity contribution in [2.75, 3.05) is 13.1 Å². The first-order valence-electron chi connectivity index (χ1n) is 5.79. The van der Waals surface area contributed by atoms with Crippen LogP contribution in [-0.2, 0) is 6.54 Å². The molecule has 3 rings (SSSR count). The molecular formula is C13H14BrN3. The minimum Gasteiger partial charge on any atom is -0.330 e. The molecule has 0 amide bonds. The predicted molar refractivity (Wildman–Crippen MR) is 71.1 cm³/mol. The average Bonchev–Trinajstić information content (AvgIpc) is 2.68. The highest BCUT2D eigenvalue weighted by molar-refractivity contribution is 9.10. The van der Waals surface area contributed by atoms with Gasteiger partial charge in [0.15, 0.2) is 0 Å². The molecule has 0 radical (unpaired) electrons. The first kappa shape index (κ1) is 11.0. The Balaban J connectivity index is 1.85. The molecule has 1 N–H and O–H groups in total. The summed E-state index contributed by atoms with van der Waals surface area (Å²) in [5.41, 5.74) is 2.62. The molecule has 0 bridgehead atoms. The van der Waals surface area contributed by atoms with E-state index < -0.39 is 0 Å².